The van der Waals surface area contributed by atoms with E-state index < -0.39 is 5.41 Å². The summed E-state index contributed by atoms with van der Waals surface area (Å²) in [6.45, 7) is 8.07. The lowest BCUT2D eigenvalue weighted by Gasteiger charge is -2.44. The van der Waals surface area contributed by atoms with Crippen LogP contribution in [-0.2, 0) is 15.0 Å². The van der Waals surface area contributed by atoms with Crippen LogP contribution < -0.4 is 15.5 Å². The van der Waals surface area contributed by atoms with Crippen LogP contribution >= 0.6 is 0 Å². The number of fused-ring (bicyclic) bond motifs is 3. The summed E-state index contributed by atoms with van der Waals surface area (Å²) in [6, 6.07) is 15.7. The van der Waals surface area contributed by atoms with E-state index in [9.17, 15) is 14.9 Å². The number of nitrogens with zero attached hydrogens (tertiary/aromatic N) is 3. The Labute approximate surface area is 199 Å². The fourth-order valence-corrected chi connectivity index (χ4v) is 5.81. The van der Waals surface area contributed by atoms with E-state index in [4.69, 9.17) is 5.73 Å². The number of nitriles is 1. The summed E-state index contributed by atoms with van der Waals surface area (Å²) < 4.78 is 0. The monoisotopic (exact) mass is 450 g/mol. The molecule has 2 aliphatic heterocycles. The van der Waals surface area contributed by atoms with Gasteiger partial charge in [-0.3, -0.25) is 14.5 Å². The number of hydrogen-bond donors (Lipinski definition) is 1. The molecular formula is C28H26N4O2. The average molecular weight is 451 g/mol. The van der Waals surface area contributed by atoms with Crippen molar-refractivity contribution in [3.05, 3.63) is 94.5 Å². The third-order valence-corrected chi connectivity index (χ3v) is 6.95. The lowest BCUT2D eigenvalue weighted by atomic mass is 9.63. The lowest BCUT2D eigenvalue weighted by Crippen LogP contribution is -2.52. The number of hydrogen-bond acceptors (Lipinski definition) is 5. The van der Waals surface area contributed by atoms with Gasteiger partial charge in [0.15, 0.2) is 5.78 Å². The molecule has 5 rings (SSSR count). The van der Waals surface area contributed by atoms with E-state index in [1.54, 1.807) is 11.0 Å². The number of Topliss-reactive ketones (excluding diaryl/α,β-unsaturated/α-hetero) is 1. The van der Waals surface area contributed by atoms with Gasteiger partial charge in [-0.15, -0.1) is 6.58 Å². The molecule has 0 saturated heterocycles. The number of nitrogens with two attached hydrogens (primary N) is 1. The molecule has 1 spiro atoms. The van der Waals surface area contributed by atoms with Gasteiger partial charge in [-0.1, -0.05) is 30.3 Å². The molecule has 1 aliphatic carbocycles. The predicted octanol–water partition coefficient (Wildman–Crippen LogP) is 4.30. The molecule has 34 heavy (non-hydrogen) atoms. The first-order chi connectivity index (χ1) is 16.4. The average Bonchev–Trinajstić information content (AvgIpc) is 3.03. The molecular weight excluding hydrogens is 424 g/mol. The Hall–Kier alpha value is -4.11. The van der Waals surface area contributed by atoms with Crippen LogP contribution in [-0.4, -0.2) is 18.2 Å². The van der Waals surface area contributed by atoms with Crippen LogP contribution in [0.25, 0.3) is 0 Å². The van der Waals surface area contributed by atoms with Crippen molar-refractivity contribution in [2.24, 2.45) is 5.73 Å². The number of anilines is 2. The minimum absolute atomic E-state index is 0.102. The van der Waals surface area contributed by atoms with Gasteiger partial charge in [0.2, 0.25) is 5.91 Å². The van der Waals surface area contributed by atoms with Gasteiger partial charge in [0, 0.05) is 41.2 Å². The Kier molecular flexibility index (Phi) is 4.94. The Morgan fingerprint density at radius 1 is 1.15 bits per heavy atom. The van der Waals surface area contributed by atoms with Gasteiger partial charge in [-0.2, -0.15) is 5.26 Å². The molecule has 6 nitrogen and oxygen atoms in total. The maximum atomic E-state index is 14.2. The number of ketones is 1. The van der Waals surface area contributed by atoms with Crippen molar-refractivity contribution < 1.29 is 9.59 Å². The van der Waals surface area contributed by atoms with Gasteiger partial charge in [-0.05, 0) is 56.0 Å². The molecule has 1 unspecified atom stereocenters. The molecule has 1 amide bonds. The smallest absolute Gasteiger partial charge is 0.248 e. The minimum Gasteiger partial charge on any atom is -0.384 e. The third-order valence-electron chi connectivity index (χ3n) is 6.95. The fourth-order valence-electron chi connectivity index (χ4n) is 5.81. The lowest BCUT2D eigenvalue weighted by molar-refractivity contribution is -0.124. The maximum absolute atomic E-state index is 14.2. The Morgan fingerprint density at radius 2 is 1.85 bits per heavy atom. The van der Waals surface area contributed by atoms with E-state index in [1.807, 2.05) is 55.1 Å². The highest BCUT2D eigenvalue weighted by Gasteiger charge is 2.62. The van der Waals surface area contributed by atoms with Crippen molar-refractivity contribution in [2.75, 3.05) is 16.3 Å². The zero-order chi connectivity index (χ0) is 24.2. The highest BCUT2D eigenvalue weighted by molar-refractivity contribution is 6.20. The van der Waals surface area contributed by atoms with Crippen LogP contribution in [0.3, 0.4) is 0 Å². The summed E-state index contributed by atoms with van der Waals surface area (Å²) in [6.07, 6.45) is 3.23. The van der Waals surface area contributed by atoms with Crippen LogP contribution in [0.4, 0.5) is 11.4 Å². The first-order valence-electron chi connectivity index (χ1n) is 11.4. The van der Waals surface area contributed by atoms with Crippen molar-refractivity contribution in [1.82, 2.24) is 0 Å². The summed E-state index contributed by atoms with van der Waals surface area (Å²) in [7, 11) is 0. The maximum Gasteiger partial charge on any atom is 0.248 e. The molecule has 0 radical (unpaired) electrons. The minimum atomic E-state index is -1.54. The molecule has 6 heteroatoms. The van der Waals surface area contributed by atoms with Crippen LogP contribution in [0.15, 0.2) is 77.8 Å². The highest BCUT2D eigenvalue weighted by atomic mass is 16.2. The number of para-hydroxylation sites is 1. The Morgan fingerprint density at radius 3 is 2.53 bits per heavy atom. The SMILES string of the molecule is C=CCN1C(=O)C2(C(C#N)=C(N)N(c3cc(C)cc(C)c3)C3=C2C(=O)CCC3)c2ccccc21. The van der Waals surface area contributed by atoms with Crippen LogP contribution in [0.1, 0.15) is 36.0 Å². The zero-order valence-electron chi connectivity index (χ0n) is 19.4. The molecule has 0 bridgehead atoms. The Bertz CT molecular complexity index is 1360. The third kappa shape index (κ3) is 2.73. The number of amides is 1. The van der Waals surface area contributed by atoms with Crippen molar-refractivity contribution in [2.45, 2.75) is 38.5 Å². The molecule has 3 aliphatic rings. The number of carbonyl (C=O) groups excluding carboxylic acids is 2. The van der Waals surface area contributed by atoms with E-state index in [0.29, 0.717) is 41.8 Å². The molecule has 170 valence electrons. The van der Waals surface area contributed by atoms with Gasteiger partial charge in [-0.25, -0.2) is 0 Å². The van der Waals surface area contributed by atoms with Gasteiger partial charge in [0.1, 0.15) is 17.3 Å². The van der Waals surface area contributed by atoms with E-state index in [2.05, 4.69) is 18.7 Å². The standard InChI is InChI=1S/C28H26N4O2/c1-4-12-31-22-9-6-5-8-20(22)28(27(31)34)21(16-29)26(30)32(19-14-17(2)13-18(3)15-19)23-10-7-11-24(33)25(23)28/h4-6,8-9,13-15H,1,7,10-12,30H2,2-3H3. The van der Waals surface area contributed by atoms with E-state index in [1.165, 1.54) is 0 Å². The molecule has 0 aromatic heterocycles. The zero-order valence-corrected chi connectivity index (χ0v) is 19.4. The number of allylic oxidation sites excluding steroid dienone is 1. The molecule has 2 heterocycles. The highest BCUT2D eigenvalue weighted by Crippen LogP contribution is 2.56. The van der Waals surface area contributed by atoms with Crippen LogP contribution in [0, 0.1) is 25.2 Å². The number of benzene rings is 2. The molecule has 1 atom stereocenters. The van der Waals surface area contributed by atoms with Crippen molar-refractivity contribution in [3.63, 3.8) is 0 Å². The predicted molar refractivity (Wildman–Crippen MR) is 132 cm³/mol. The summed E-state index contributed by atoms with van der Waals surface area (Å²) in [4.78, 5) is 31.3. The number of carbonyl (C=O) groups is 2. The number of rotatable bonds is 3. The van der Waals surface area contributed by atoms with Crippen LogP contribution in [0.2, 0.25) is 0 Å². The first-order valence-corrected chi connectivity index (χ1v) is 11.4. The summed E-state index contributed by atoms with van der Waals surface area (Å²) >= 11 is 0. The van der Waals surface area contributed by atoms with Gasteiger partial charge in [0.05, 0.1) is 5.57 Å². The molecule has 2 aromatic rings. The normalized spacial score (nSPS) is 21.7. The van der Waals surface area contributed by atoms with Gasteiger partial charge < -0.3 is 10.6 Å². The Balaban J connectivity index is 1.89. The van der Waals surface area contributed by atoms with Crippen molar-refractivity contribution in [3.8, 4) is 6.07 Å². The van der Waals surface area contributed by atoms with Crippen molar-refractivity contribution in [1.29, 1.82) is 5.26 Å². The van der Waals surface area contributed by atoms with E-state index >= 15 is 0 Å². The van der Waals surface area contributed by atoms with E-state index in [0.717, 1.165) is 16.8 Å². The summed E-state index contributed by atoms with van der Waals surface area (Å²) in [5.74, 6) is -0.236. The van der Waals surface area contributed by atoms with Crippen LogP contribution in [0.5, 0.6) is 0 Å². The second-order valence-corrected chi connectivity index (χ2v) is 9.12. The topological polar surface area (TPSA) is 90.4 Å². The first kappa shape index (κ1) is 21.7. The fraction of sp³-hybridized carbons (Fsp3) is 0.250. The number of aryl methyl sites for hydroxylation is 2. The summed E-state index contributed by atoms with van der Waals surface area (Å²) in [5.41, 5.74) is 10.6. The molecule has 0 saturated carbocycles. The second kappa shape index (κ2) is 7.74. The van der Waals surface area contributed by atoms with Crippen molar-refractivity contribution >= 4 is 23.1 Å². The second-order valence-electron chi connectivity index (χ2n) is 9.12. The van der Waals surface area contributed by atoms with E-state index in [-0.39, 0.29) is 29.6 Å². The molecule has 2 N–H and O–H groups in total. The molecule has 2 aromatic carbocycles. The largest absolute Gasteiger partial charge is 0.384 e. The quantitative estimate of drug-likeness (QED) is 0.705. The molecule has 0 fully saturated rings. The van der Waals surface area contributed by atoms with Gasteiger partial charge >= 0.3 is 0 Å². The summed E-state index contributed by atoms with van der Waals surface area (Å²) in [5, 5.41) is 10.5. The van der Waals surface area contributed by atoms with Gasteiger partial charge in [0.25, 0.3) is 0 Å².